The summed E-state index contributed by atoms with van der Waals surface area (Å²) in [5.74, 6) is 0. The molecule has 1 aromatic rings. The van der Waals surface area contributed by atoms with Gasteiger partial charge in [-0.2, -0.15) is 0 Å². The molecule has 4 heteroatoms. The largest absolute Gasteiger partial charge is 0.382 e. The Balaban J connectivity index is 2.88. The first-order chi connectivity index (χ1) is 9.12. The van der Waals surface area contributed by atoms with Gasteiger partial charge in [0.05, 0.1) is 4.92 Å². The fourth-order valence-electron chi connectivity index (χ4n) is 2.34. The molecule has 0 unspecified atom stereocenters. The molecule has 0 bridgehead atoms. The monoisotopic (exact) mass is 264 g/mol. The van der Waals surface area contributed by atoms with Crippen LogP contribution in [0.3, 0.4) is 0 Å². The number of nitro groups is 1. The van der Waals surface area contributed by atoms with Gasteiger partial charge in [-0.25, -0.2) is 0 Å². The van der Waals surface area contributed by atoms with Crippen LogP contribution in [0.1, 0.15) is 52.0 Å². The van der Waals surface area contributed by atoms with Gasteiger partial charge in [0.1, 0.15) is 0 Å². The zero-order valence-corrected chi connectivity index (χ0v) is 12.1. The number of nitrogens with zero attached hydrogens (tertiary/aromatic N) is 1. The quantitative estimate of drug-likeness (QED) is 0.554. The number of nitrogens with one attached hydrogen (secondary N) is 1. The predicted octanol–water partition coefficient (Wildman–Crippen LogP) is 4.54. The van der Waals surface area contributed by atoms with Crippen LogP contribution in [0.5, 0.6) is 0 Å². The van der Waals surface area contributed by atoms with E-state index in [0.29, 0.717) is 12.5 Å². The Morgan fingerprint density at radius 2 is 1.84 bits per heavy atom. The Kier molecular flexibility index (Phi) is 6.33. The Hall–Kier alpha value is -1.58. The van der Waals surface area contributed by atoms with Crippen molar-refractivity contribution in [1.29, 1.82) is 0 Å². The van der Waals surface area contributed by atoms with E-state index in [9.17, 15) is 10.1 Å². The van der Waals surface area contributed by atoms with Crippen molar-refractivity contribution in [2.75, 3.05) is 5.32 Å². The molecule has 0 aliphatic rings. The van der Waals surface area contributed by atoms with E-state index >= 15 is 0 Å². The van der Waals surface area contributed by atoms with E-state index in [4.69, 9.17) is 0 Å². The van der Waals surface area contributed by atoms with Gasteiger partial charge in [0.15, 0.2) is 0 Å². The van der Waals surface area contributed by atoms with Gasteiger partial charge in [-0.1, -0.05) is 39.7 Å². The normalized spacial score (nSPS) is 10.7. The molecule has 0 atom stereocenters. The van der Waals surface area contributed by atoms with E-state index in [1.54, 1.807) is 6.07 Å². The van der Waals surface area contributed by atoms with E-state index in [2.05, 4.69) is 19.2 Å². The summed E-state index contributed by atoms with van der Waals surface area (Å²) in [5, 5.41) is 14.5. The predicted molar refractivity (Wildman–Crippen MR) is 79.7 cm³/mol. The highest BCUT2D eigenvalue weighted by Crippen LogP contribution is 2.25. The standard InChI is InChI=1S/C15H24N2O2/c1-4-7-13(8-5-2)16-14-10-9-12(6-3)15(11-14)17(18)19/h9-11,13,16H,4-8H2,1-3H3. The highest BCUT2D eigenvalue weighted by molar-refractivity contribution is 5.55. The average Bonchev–Trinajstić information content (AvgIpc) is 2.39. The SMILES string of the molecule is CCCC(CCC)Nc1ccc(CC)c([N+](=O)[O-])c1. The van der Waals surface area contributed by atoms with Crippen molar-refractivity contribution in [3.05, 3.63) is 33.9 Å². The first kappa shape index (κ1) is 15.5. The van der Waals surface area contributed by atoms with Crippen molar-refractivity contribution in [3.8, 4) is 0 Å². The van der Waals surface area contributed by atoms with Crippen LogP contribution in [0.4, 0.5) is 11.4 Å². The zero-order valence-electron chi connectivity index (χ0n) is 12.1. The Bertz CT molecular complexity index is 413. The first-order valence-electron chi connectivity index (χ1n) is 7.16. The third-order valence-electron chi connectivity index (χ3n) is 3.31. The fourth-order valence-corrected chi connectivity index (χ4v) is 2.34. The minimum Gasteiger partial charge on any atom is -0.382 e. The van der Waals surface area contributed by atoms with Crippen LogP contribution in [-0.2, 0) is 6.42 Å². The van der Waals surface area contributed by atoms with Gasteiger partial charge in [0.25, 0.3) is 5.69 Å². The minimum absolute atomic E-state index is 0.222. The van der Waals surface area contributed by atoms with Crippen LogP contribution in [0.25, 0.3) is 0 Å². The smallest absolute Gasteiger partial charge is 0.274 e. The van der Waals surface area contributed by atoms with Gasteiger partial charge < -0.3 is 5.32 Å². The molecule has 0 spiro atoms. The van der Waals surface area contributed by atoms with Crippen LogP contribution in [-0.4, -0.2) is 11.0 Å². The second-order valence-electron chi connectivity index (χ2n) is 4.87. The van der Waals surface area contributed by atoms with Crippen LogP contribution < -0.4 is 5.32 Å². The molecule has 0 aliphatic carbocycles. The summed E-state index contributed by atoms with van der Waals surface area (Å²) in [4.78, 5) is 10.8. The summed E-state index contributed by atoms with van der Waals surface area (Å²) in [6.45, 7) is 6.26. The van der Waals surface area contributed by atoms with Crippen molar-refractivity contribution < 1.29 is 4.92 Å². The first-order valence-corrected chi connectivity index (χ1v) is 7.16. The second-order valence-corrected chi connectivity index (χ2v) is 4.87. The van der Waals surface area contributed by atoms with E-state index in [1.165, 1.54) is 0 Å². The molecule has 0 amide bonds. The molecule has 0 aromatic heterocycles. The fraction of sp³-hybridized carbons (Fsp3) is 0.600. The number of rotatable bonds is 8. The highest BCUT2D eigenvalue weighted by atomic mass is 16.6. The summed E-state index contributed by atoms with van der Waals surface area (Å²) >= 11 is 0. The molecule has 0 saturated heterocycles. The molecule has 0 saturated carbocycles. The number of aryl methyl sites for hydroxylation is 1. The molecular formula is C15H24N2O2. The summed E-state index contributed by atoms with van der Waals surface area (Å²) in [6.07, 6.45) is 5.11. The van der Waals surface area contributed by atoms with Gasteiger partial charge in [-0.3, -0.25) is 10.1 Å². The van der Waals surface area contributed by atoms with E-state index in [1.807, 2.05) is 19.1 Å². The van der Waals surface area contributed by atoms with Gasteiger partial charge in [-0.05, 0) is 25.3 Å². The molecule has 0 heterocycles. The highest BCUT2D eigenvalue weighted by Gasteiger charge is 2.14. The molecule has 19 heavy (non-hydrogen) atoms. The van der Waals surface area contributed by atoms with E-state index in [-0.39, 0.29) is 10.6 Å². The van der Waals surface area contributed by atoms with Gasteiger partial charge in [-0.15, -0.1) is 0 Å². The zero-order chi connectivity index (χ0) is 14.3. The van der Waals surface area contributed by atoms with Crippen LogP contribution in [0.2, 0.25) is 0 Å². The van der Waals surface area contributed by atoms with Crippen LogP contribution >= 0.6 is 0 Å². The van der Waals surface area contributed by atoms with Crippen LogP contribution in [0.15, 0.2) is 18.2 Å². The number of hydrogen-bond donors (Lipinski definition) is 1. The third kappa shape index (κ3) is 4.54. The van der Waals surface area contributed by atoms with Crippen molar-refractivity contribution in [2.45, 2.75) is 58.9 Å². The van der Waals surface area contributed by atoms with Crippen LogP contribution in [0, 0.1) is 10.1 Å². The molecule has 0 aliphatic heterocycles. The molecule has 4 nitrogen and oxygen atoms in total. The lowest BCUT2D eigenvalue weighted by Crippen LogP contribution is -2.19. The molecule has 106 valence electrons. The third-order valence-corrected chi connectivity index (χ3v) is 3.31. The Morgan fingerprint density at radius 3 is 2.32 bits per heavy atom. The van der Waals surface area contributed by atoms with Gasteiger partial charge >= 0.3 is 0 Å². The molecule has 0 radical (unpaired) electrons. The van der Waals surface area contributed by atoms with Crippen molar-refractivity contribution >= 4 is 11.4 Å². The lowest BCUT2D eigenvalue weighted by Gasteiger charge is -2.18. The van der Waals surface area contributed by atoms with Crippen molar-refractivity contribution in [2.24, 2.45) is 0 Å². The molecule has 0 fully saturated rings. The lowest BCUT2D eigenvalue weighted by molar-refractivity contribution is -0.385. The molecule has 1 N–H and O–H groups in total. The number of hydrogen-bond acceptors (Lipinski definition) is 3. The van der Waals surface area contributed by atoms with Gasteiger partial charge in [0.2, 0.25) is 0 Å². The summed E-state index contributed by atoms with van der Waals surface area (Å²) < 4.78 is 0. The lowest BCUT2D eigenvalue weighted by atomic mass is 10.1. The average molecular weight is 264 g/mol. The maximum absolute atomic E-state index is 11.0. The number of nitro benzene ring substituents is 1. The Morgan fingerprint density at radius 1 is 1.21 bits per heavy atom. The molecule has 1 aromatic carbocycles. The molecule has 1 rings (SSSR count). The Labute approximate surface area is 115 Å². The summed E-state index contributed by atoms with van der Waals surface area (Å²) in [6, 6.07) is 5.87. The summed E-state index contributed by atoms with van der Waals surface area (Å²) in [7, 11) is 0. The number of benzene rings is 1. The van der Waals surface area contributed by atoms with E-state index in [0.717, 1.165) is 36.9 Å². The topological polar surface area (TPSA) is 55.2 Å². The van der Waals surface area contributed by atoms with E-state index < -0.39 is 0 Å². The van der Waals surface area contributed by atoms with Gasteiger partial charge in [0, 0.05) is 23.4 Å². The number of anilines is 1. The maximum Gasteiger partial charge on any atom is 0.274 e. The molecular weight excluding hydrogens is 240 g/mol. The van der Waals surface area contributed by atoms with Crippen molar-refractivity contribution in [1.82, 2.24) is 0 Å². The van der Waals surface area contributed by atoms with Crippen molar-refractivity contribution in [3.63, 3.8) is 0 Å². The second kappa shape index (κ2) is 7.77. The maximum atomic E-state index is 11.0. The minimum atomic E-state index is -0.293. The summed E-state index contributed by atoms with van der Waals surface area (Å²) in [5.41, 5.74) is 1.87.